The summed E-state index contributed by atoms with van der Waals surface area (Å²) in [6, 6.07) is 6.68. The van der Waals surface area contributed by atoms with Gasteiger partial charge in [0.1, 0.15) is 11.6 Å². The van der Waals surface area contributed by atoms with Gasteiger partial charge in [-0.3, -0.25) is 4.90 Å². The van der Waals surface area contributed by atoms with Crippen molar-refractivity contribution in [3.05, 3.63) is 77.1 Å². The first-order chi connectivity index (χ1) is 11.7. The maximum absolute atomic E-state index is 13.3. The smallest absolute Gasteiger partial charge is 0.125 e. The van der Waals surface area contributed by atoms with Gasteiger partial charge in [-0.05, 0) is 24.6 Å². The van der Waals surface area contributed by atoms with Crippen molar-refractivity contribution >= 4 is 0 Å². The van der Waals surface area contributed by atoms with Crippen molar-refractivity contribution in [2.75, 3.05) is 6.54 Å². The van der Waals surface area contributed by atoms with Gasteiger partial charge in [-0.25, -0.2) is 19.3 Å². The number of benzene rings is 1. The third kappa shape index (κ3) is 2.80. The van der Waals surface area contributed by atoms with E-state index in [0.717, 1.165) is 47.8 Å². The summed E-state index contributed by atoms with van der Waals surface area (Å²) in [6.45, 7) is 3.50. The third-order valence-electron chi connectivity index (χ3n) is 4.43. The summed E-state index contributed by atoms with van der Waals surface area (Å²) in [6.07, 6.45) is 6.38. The van der Waals surface area contributed by atoms with Gasteiger partial charge in [-0.2, -0.15) is 0 Å². The minimum atomic E-state index is -0.227. The average molecular weight is 323 g/mol. The van der Waals surface area contributed by atoms with E-state index in [1.807, 2.05) is 31.5 Å². The molecule has 1 aliphatic rings. The summed E-state index contributed by atoms with van der Waals surface area (Å²) >= 11 is 0. The van der Waals surface area contributed by atoms with Crippen molar-refractivity contribution in [2.45, 2.75) is 25.9 Å². The maximum Gasteiger partial charge on any atom is 0.125 e. The van der Waals surface area contributed by atoms with E-state index in [2.05, 4.69) is 24.8 Å². The summed E-state index contributed by atoms with van der Waals surface area (Å²) in [5.74, 6) is 0.539. The highest BCUT2D eigenvalue weighted by molar-refractivity contribution is 5.33. The fourth-order valence-electron chi connectivity index (χ4n) is 3.24. The Morgan fingerprint density at radius 2 is 1.92 bits per heavy atom. The molecule has 0 aliphatic carbocycles. The fraction of sp³-hybridized carbons (Fsp3) is 0.278. The fourth-order valence-corrected chi connectivity index (χ4v) is 3.24. The number of halogens is 1. The predicted octanol–water partition coefficient (Wildman–Crippen LogP) is 2.79. The molecule has 1 aliphatic heterocycles. The van der Waals surface area contributed by atoms with E-state index in [-0.39, 0.29) is 11.9 Å². The summed E-state index contributed by atoms with van der Waals surface area (Å²) < 4.78 is 13.3. The Balaban J connectivity index is 1.69. The SMILES string of the molecule is Cc1ncc(CN2CCc3[nH]cnc3C2c2ccc(F)cc2)cn1. The van der Waals surface area contributed by atoms with Crippen LogP contribution in [0.15, 0.2) is 43.0 Å². The molecule has 122 valence electrons. The molecule has 6 heteroatoms. The normalized spacial score (nSPS) is 17.7. The number of aryl methyl sites for hydroxylation is 1. The first-order valence-electron chi connectivity index (χ1n) is 8.00. The summed E-state index contributed by atoms with van der Waals surface area (Å²) in [5, 5.41) is 0. The molecule has 5 nitrogen and oxygen atoms in total. The number of H-pyrrole nitrogens is 1. The molecule has 1 atom stereocenters. The van der Waals surface area contributed by atoms with Crippen LogP contribution >= 0.6 is 0 Å². The zero-order chi connectivity index (χ0) is 16.5. The molecule has 0 bridgehead atoms. The summed E-state index contributed by atoms with van der Waals surface area (Å²) in [7, 11) is 0. The number of nitrogens with zero attached hydrogens (tertiary/aromatic N) is 4. The van der Waals surface area contributed by atoms with E-state index in [1.54, 1.807) is 6.33 Å². The zero-order valence-electron chi connectivity index (χ0n) is 13.4. The van der Waals surface area contributed by atoms with Crippen LogP contribution < -0.4 is 0 Å². The quantitative estimate of drug-likeness (QED) is 0.805. The largest absolute Gasteiger partial charge is 0.348 e. The van der Waals surface area contributed by atoms with Gasteiger partial charge >= 0.3 is 0 Å². The highest BCUT2D eigenvalue weighted by atomic mass is 19.1. The number of nitrogens with one attached hydrogen (secondary N) is 1. The number of aromatic nitrogens is 4. The Kier molecular flexibility index (Phi) is 3.82. The minimum absolute atomic E-state index is 0.00176. The molecule has 0 radical (unpaired) electrons. The highest BCUT2D eigenvalue weighted by Crippen LogP contribution is 2.34. The van der Waals surface area contributed by atoms with E-state index in [9.17, 15) is 4.39 Å². The van der Waals surface area contributed by atoms with Crippen LogP contribution in [0.1, 0.15) is 34.4 Å². The van der Waals surface area contributed by atoms with Crippen molar-refractivity contribution in [2.24, 2.45) is 0 Å². The van der Waals surface area contributed by atoms with Crippen molar-refractivity contribution < 1.29 is 4.39 Å². The topological polar surface area (TPSA) is 57.7 Å². The average Bonchev–Trinajstić information content (AvgIpc) is 3.06. The van der Waals surface area contributed by atoms with Gasteiger partial charge in [-0.1, -0.05) is 12.1 Å². The molecular formula is C18H18FN5. The van der Waals surface area contributed by atoms with Crippen LogP contribution in [0.3, 0.4) is 0 Å². The monoisotopic (exact) mass is 323 g/mol. The van der Waals surface area contributed by atoms with Crippen LogP contribution in [-0.4, -0.2) is 31.4 Å². The van der Waals surface area contributed by atoms with Gasteiger partial charge in [0, 0.05) is 43.2 Å². The Labute approximate surface area is 139 Å². The lowest BCUT2D eigenvalue weighted by Crippen LogP contribution is -2.36. The van der Waals surface area contributed by atoms with Crippen molar-refractivity contribution in [3.8, 4) is 0 Å². The number of rotatable bonds is 3. The first kappa shape index (κ1) is 15.0. The highest BCUT2D eigenvalue weighted by Gasteiger charge is 2.31. The van der Waals surface area contributed by atoms with Crippen molar-refractivity contribution in [3.63, 3.8) is 0 Å². The molecule has 0 saturated heterocycles. The molecular weight excluding hydrogens is 305 g/mol. The van der Waals surface area contributed by atoms with Gasteiger partial charge in [-0.15, -0.1) is 0 Å². The van der Waals surface area contributed by atoms with Gasteiger partial charge in [0.15, 0.2) is 0 Å². The summed E-state index contributed by atoms with van der Waals surface area (Å²) in [4.78, 5) is 18.6. The van der Waals surface area contributed by atoms with Gasteiger partial charge in [0.05, 0.1) is 18.1 Å². The molecule has 24 heavy (non-hydrogen) atoms. The number of hydrogen-bond donors (Lipinski definition) is 1. The molecule has 0 fully saturated rings. The Hall–Kier alpha value is -2.60. The van der Waals surface area contributed by atoms with Crippen LogP contribution in [0.5, 0.6) is 0 Å². The second-order valence-corrected chi connectivity index (χ2v) is 6.08. The Morgan fingerprint density at radius 3 is 2.67 bits per heavy atom. The lowest BCUT2D eigenvalue weighted by atomic mass is 9.95. The van der Waals surface area contributed by atoms with Crippen LogP contribution in [0, 0.1) is 12.7 Å². The molecule has 1 unspecified atom stereocenters. The molecule has 3 aromatic rings. The van der Waals surface area contributed by atoms with E-state index in [4.69, 9.17) is 0 Å². The second-order valence-electron chi connectivity index (χ2n) is 6.08. The van der Waals surface area contributed by atoms with E-state index in [1.165, 1.54) is 12.1 Å². The minimum Gasteiger partial charge on any atom is -0.348 e. The molecule has 3 heterocycles. The molecule has 0 spiro atoms. The lowest BCUT2D eigenvalue weighted by molar-refractivity contribution is 0.200. The molecule has 4 rings (SSSR count). The van der Waals surface area contributed by atoms with Gasteiger partial charge in [0.25, 0.3) is 0 Å². The van der Waals surface area contributed by atoms with E-state index >= 15 is 0 Å². The second kappa shape index (κ2) is 6.13. The van der Waals surface area contributed by atoms with Crippen LogP contribution in [0.25, 0.3) is 0 Å². The zero-order valence-corrected chi connectivity index (χ0v) is 13.4. The number of imidazole rings is 1. The van der Waals surface area contributed by atoms with Crippen molar-refractivity contribution in [1.29, 1.82) is 0 Å². The van der Waals surface area contributed by atoms with E-state index in [0.29, 0.717) is 0 Å². The number of hydrogen-bond acceptors (Lipinski definition) is 4. The van der Waals surface area contributed by atoms with Crippen LogP contribution in [0.4, 0.5) is 4.39 Å². The lowest BCUT2D eigenvalue weighted by Gasteiger charge is -2.35. The number of aromatic amines is 1. The van der Waals surface area contributed by atoms with Crippen molar-refractivity contribution in [1.82, 2.24) is 24.8 Å². The molecule has 1 aromatic carbocycles. The molecule has 0 saturated carbocycles. The third-order valence-corrected chi connectivity index (χ3v) is 4.43. The van der Waals surface area contributed by atoms with Crippen LogP contribution in [0.2, 0.25) is 0 Å². The van der Waals surface area contributed by atoms with E-state index < -0.39 is 0 Å². The standard InChI is InChI=1S/C18H18FN5/c1-12-20-8-13(9-21-12)10-24-7-6-16-17(23-11-22-16)18(24)14-2-4-15(19)5-3-14/h2-5,8-9,11,18H,6-7,10H2,1H3,(H,22,23). The Bertz CT molecular complexity index is 825. The van der Waals surface area contributed by atoms with Gasteiger partial charge in [0.2, 0.25) is 0 Å². The molecule has 0 amide bonds. The molecule has 1 N–H and O–H groups in total. The maximum atomic E-state index is 13.3. The van der Waals surface area contributed by atoms with Gasteiger partial charge < -0.3 is 4.98 Å². The first-order valence-corrected chi connectivity index (χ1v) is 8.00. The summed E-state index contributed by atoms with van der Waals surface area (Å²) in [5.41, 5.74) is 4.27. The molecule has 2 aromatic heterocycles. The predicted molar refractivity (Wildman–Crippen MR) is 87.7 cm³/mol. The van der Waals surface area contributed by atoms with Crippen LogP contribution in [-0.2, 0) is 13.0 Å². The Morgan fingerprint density at radius 1 is 1.17 bits per heavy atom. The number of fused-ring (bicyclic) bond motifs is 1.